The summed E-state index contributed by atoms with van der Waals surface area (Å²) in [7, 11) is 4.14. The molecular weight excluding hydrogens is 276 g/mol. The van der Waals surface area contributed by atoms with E-state index in [4.69, 9.17) is 9.47 Å². The van der Waals surface area contributed by atoms with E-state index in [0.29, 0.717) is 0 Å². The van der Waals surface area contributed by atoms with Gasteiger partial charge >= 0.3 is 0 Å². The van der Waals surface area contributed by atoms with Crippen LogP contribution in [0.25, 0.3) is 0 Å². The van der Waals surface area contributed by atoms with Gasteiger partial charge in [0.15, 0.2) is 11.5 Å². The minimum atomic E-state index is 0.286. The fourth-order valence-electron chi connectivity index (χ4n) is 2.32. The van der Waals surface area contributed by atoms with Crippen molar-refractivity contribution in [2.24, 2.45) is 4.99 Å². The summed E-state index contributed by atoms with van der Waals surface area (Å²) in [4.78, 5) is 6.81. The van der Waals surface area contributed by atoms with Crippen molar-refractivity contribution >= 4 is 11.9 Å². The Morgan fingerprint density at radius 2 is 1.82 bits per heavy atom. The molecule has 0 aliphatic carbocycles. The second-order valence-corrected chi connectivity index (χ2v) is 5.56. The molecule has 0 amide bonds. The van der Waals surface area contributed by atoms with Gasteiger partial charge in [-0.25, -0.2) is 0 Å². The van der Waals surface area contributed by atoms with Crippen LogP contribution in [0.5, 0.6) is 11.5 Å². The highest BCUT2D eigenvalue weighted by molar-refractivity contribution is 5.82. The second kappa shape index (κ2) is 6.62. The zero-order valence-electron chi connectivity index (χ0n) is 13.0. The summed E-state index contributed by atoms with van der Waals surface area (Å²) in [6.07, 6.45) is 2.81. The van der Waals surface area contributed by atoms with Gasteiger partial charge in [-0.1, -0.05) is 30.3 Å². The van der Waals surface area contributed by atoms with Crippen LogP contribution in [0.3, 0.4) is 0 Å². The third kappa shape index (κ3) is 3.46. The number of ether oxygens (including phenoxy) is 2. The molecule has 0 bridgehead atoms. The molecule has 0 atom stereocenters. The molecule has 0 saturated heterocycles. The average Bonchev–Trinajstić information content (AvgIpc) is 2.98. The molecule has 0 unspecified atom stereocenters. The number of fused-ring (bicyclic) bond motifs is 1. The normalized spacial score (nSPS) is 13.2. The maximum absolute atomic E-state index is 5.48. The Morgan fingerprint density at radius 1 is 1.09 bits per heavy atom. The highest BCUT2D eigenvalue weighted by Gasteiger charge is 2.16. The topological polar surface area (TPSA) is 34.1 Å². The first-order valence-electron chi connectivity index (χ1n) is 7.39. The fraction of sp³-hybridized carbons (Fsp3) is 0.278. The minimum absolute atomic E-state index is 0.286. The van der Waals surface area contributed by atoms with Crippen molar-refractivity contribution < 1.29 is 9.47 Å². The van der Waals surface area contributed by atoms with Gasteiger partial charge in [0.1, 0.15) is 0 Å². The molecule has 2 aromatic carbocycles. The Hall–Kier alpha value is -2.33. The van der Waals surface area contributed by atoms with Crippen molar-refractivity contribution in [3.05, 3.63) is 53.6 Å². The minimum Gasteiger partial charge on any atom is -0.454 e. The number of aliphatic imine (C=N–C) groups is 1. The number of rotatable bonds is 5. The van der Waals surface area contributed by atoms with E-state index in [9.17, 15) is 0 Å². The van der Waals surface area contributed by atoms with Gasteiger partial charge in [-0.2, -0.15) is 0 Å². The smallest absolute Gasteiger partial charge is 0.231 e. The molecule has 0 radical (unpaired) electrons. The maximum Gasteiger partial charge on any atom is 0.231 e. The highest BCUT2D eigenvalue weighted by Crippen LogP contribution is 2.38. The first-order chi connectivity index (χ1) is 10.7. The summed E-state index contributed by atoms with van der Waals surface area (Å²) in [6, 6.07) is 14.1. The van der Waals surface area contributed by atoms with E-state index >= 15 is 0 Å². The summed E-state index contributed by atoms with van der Waals surface area (Å²) in [5.41, 5.74) is 3.19. The third-order valence-electron chi connectivity index (χ3n) is 3.55. The van der Waals surface area contributed by atoms with Crippen molar-refractivity contribution in [1.29, 1.82) is 0 Å². The summed E-state index contributed by atoms with van der Waals surface area (Å²) in [5, 5.41) is 0. The van der Waals surface area contributed by atoms with E-state index < -0.39 is 0 Å². The summed E-state index contributed by atoms with van der Waals surface area (Å²) >= 11 is 0. The van der Waals surface area contributed by atoms with E-state index in [-0.39, 0.29) is 6.79 Å². The predicted octanol–water partition coefficient (Wildman–Crippen LogP) is 3.27. The number of hydrogen-bond acceptors (Lipinski definition) is 4. The van der Waals surface area contributed by atoms with Crippen molar-refractivity contribution in [1.82, 2.24) is 4.90 Å². The molecule has 0 fully saturated rings. The molecule has 4 heteroatoms. The van der Waals surface area contributed by atoms with Crippen molar-refractivity contribution in [3.63, 3.8) is 0 Å². The lowest BCUT2D eigenvalue weighted by atomic mass is 10.1. The van der Waals surface area contributed by atoms with E-state index in [1.54, 1.807) is 0 Å². The molecule has 0 saturated carbocycles. The van der Waals surface area contributed by atoms with Gasteiger partial charge in [0.2, 0.25) is 6.79 Å². The number of hydrogen-bond donors (Lipinski definition) is 0. The van der Waals surface area contributed by atoms with Crippen LogP contribution >= 0.6 is 0 Å². The van der Waals surface area contributed by atoms with Gasteiger partial charge in [0.05, 0.1) is 5.69 Å². The van der Waals surface area contributed by atoms with Crippen LogP contribution in [0.2, 0.25) is 0 Å². The lowest BCUT2D eigenvalue weighted by Crippen LogP contribution is -2.15. The second-order valence-electron chi connectivity index (χ2n) is 5.56. The van der Waals surface area contributed by atoms with Gasteiger partial charge in [-0.3, -0.25) is 4.99 Å². The standard InChI is InChI=1S/C18H20N2O2/c1-20(2)9-8-15-10-17-18(22-13-21-17)11-16(15)19-12-14-6-4-3-5-7-14/h3-7,10-12H,8-9,13H2,1-2H3. The zero-order valence-corrected chi connectivity index (χ0v) is 13.0. The predicted molar refractivity (Wildman–Crippen MR) is 88.5 cm³/mol. The molecule has 1 heterocycles. The molecule has 114 valence electrons. The van der Waals surface area contributed by atoms with Crippen LogP contribution < -0.4 is 9.47 Å². The third-order valence-corrected chi connectivity index (χ3v) is 3.55. The Balaban J connectivity index is 1.89. The maximum atomic E-state index is 5.48. The van der Waals surface area contributed by atoms with Gasteiger partial charge in [0, 0.05) is 18.8 Å². The molecular formula is C18H20N2O2. The van der Waals surface area contributed by atoms with Crippen molar-refractivity contribution in [2.75, 3.05) is 27.4 Å². The number of benzene rings is 2. The average molecular weight is 296 g/mol. The van der Waals surface area contributed by atoms with Crippen LogP contribution in [-0.4, -0.2) is 38.5 Å². The van der Waals surface area contributed by atoms with Gasteiger partial charge in [0.25, 0.3) is 0 Å². The first kappa shape index (κ1) is 14.6. The van der Waals surface area contributed by atoms with E-state index in [0.717, 1.165) is 35.7 Å². The molecule has 1 aliphatic rings. The Bertz CT molecular complexity index is 666. The number of nitrogens with zero attached hydrogens (tertiary/aromatic N) is 2. The summed E-state index contributed by atoms with van der Waals surface area (Å²) in [6.45, 7) is 1.25. The summed E-state index contributed by atoms with van der Waals surface area (Å²) in [5.74, 6) is 1.58. The van der Waals surface area contributed by atoms with Gasteiger partial charge in [-0.15, -0.1) is 0 Å². The van der Waals surface area contributed by atoms with Gasteiger partial charge in [-0.05, 0) is 37.7 Å². The molecule has 22 heavy (non-hydrogen) atoms. The lowest BCUT2D eigenvalue weighted by molar-refractivity contribution is 0.174. The Labute approximate surface area is 131 Å². The van der Waals surface area contributed by atoms with E-state index in [2.05, 4.69) is 24.0 Å². The van der Waals surface area contributed by atoms with E-state index in [1.807, 2.05) is 48.7 Å². The van der Waals surface area contributed by atoms with Crippen LogP contribution in [-0.2, 0) is 6.42 Å². The molecule has 0 aromatic heterocycles. The molecule has 1 aliphatic heterocycles. The first-order valence-corrected chi connectivity index (χ1v) is 7.39. The molecule has 2 aromatic rings. The fourth-order valence-corrected chi connectivity index (χ4v) is 2.32. The van der Waals surface area contributed by atoms with Gasteiger partial charge < -0.3 is 14.4 Å². The summed E-state index contributed by atoms with van der Waals surface area (Å²) < 4.78 is 10.9. The van der Waals surface area contributed by atoms with Crippen LogP contribution in [0.15, 0.2) is 47.5 Å². The van der Waals surface area contributed by atoms with E-state index in [1.165, 1.54) is 5.56 Å². The molecule has 0 spiro atoms. The van der Waals surface area contributed by atoms with Crippen LogP contribution in [0.4, 0.5) is 5.69 Å². The quantitative estimate of drug-likeness (QED) is 0.794. The molecule has 4 nitrogen and oxygen atoms in total. The molecule has 0 N–H and O–H groups in total. The Kier molecular flexibility index (Phi) is 4.39. The van der Waals surface area contributed by atoms with Crippen molar-refractivity contribution in [2.45, 2.75) is 6.42 Å². The largest absolute Gasteiger partial charge is 0.454 e. The highest BCUT2D eigenvalue weighted by atomic mass is 16.7. The van der Waals surface area contributed by atoms with Crippen molar-refractivity contribution in [3.8, 4) is 11.5 Å². The zero-order chi connectivity index (χ0) is 15.4. The SMILES string of the molecule is CN(C)CCc1cc2c(cc1N=Cc1ccccc1)OCO2. The lowest BCUT2D eigenvalue weighted by Gasteiger charge is -2.12. The Morgan fingerprint density at radius 3 is 2.55 bits per heavy atom. The number of likely N-dealkylation sites (N-methyl/N-ethyl adjacent to an activating group) is 1. The van der Waals surface area contributed by atoms with Crippen LogP contribution in [0.1, 0.15) is 11.1 Å². The monoisotopic (exact) mass is 296 g/mol. The molecule has 3 rings (SSSR count). The van der Waals surface area contributed by atoms with Crippen LogP contribution in [0, 0.1) is 0 Å².